The summed E-state index contributed by atoms with van der Waals surface area (Å²) in [6.07, 6.45) is 4.37. The van der Waals surface area contributed by atoms with Gasteiger partial charge in [-0.1, -0.05) is 41.5 Å². The number of rotatable bonds is 2. The number of hydrogen-bond acceptors (Lipinski definition) is 1. The van der Waals surface area contributed by atoms with Crippen LogP contribution < -0.4 is 0 Å². The molecule has 0 heterocycles. The molecule has 1 saturated carbocycles. The Morgan fingerprint density at radius 1 is 0.875 bits per heavy atom. The number of carbonyl (C=O) groups is 1. The van der Waals surface area contributed by atoms with Crippen molar-refractivity contribution in [2.24, 2.45) is 22.7 Å². The summed E-state index contributed by atoms with van der Waals surface area (Å²) >= 11 is 0. The van der Waals surface area contributed by atoms with E-state index in [-0.39, 0.29) is 10.8 Å². The monoisotopic (exact) mass is 224 g/mol. The molecule has 1 fully saturated rings. The van der Waals surface area contributed by atoms with E-state index < -0.39 is 0 Å². The highest BCUT2D eigenvalue weighted by molar-refractivity contribution is 5.85. The van der Waals surface area contributed by atoms with Gasteiger partial charge in [0.25, 0.3) is 0 Å². The molecule has 1 aliphatic carbocycles. The fraction of sp³-hybridized carbons (Fsp3) is 0.933. The molecule has 0 radical (unpaired) electrons. The molecule has 1 nitrogen and oxygen atoms in total. The van der Waals surface area contributed by atoms with Crippen LogP contribution in [0.3, 0.4) is 0 Å². The highest BCUT2D eigenvalue weighted by Crippen LogP contribution is 2.40. The summed E-state index contributed by atoms with van der Waals surface area (Å²) in [5, 5.41) is 0. The van der Waals surface area contributed by atoms with Crippen LogP contribution in [0, 0.1) is 22.7 Å². The van der Waals surface area contributed by atoms with Crippen molar-refractivity contribution in [2.75, 3.05) is 0 Å². The Bertz CT molecular complexity index is 226. The van der Waals surface area contributed by atoms with E-state index in [2.05, 4.69) is 41.5 Å². The van der Waals surface area contributed by atoms with Crippen molar-refractivity contribution in [3.63, 3.8) is 0 Å². The Kier molecular flexibility index (Phi) is 3.87. The highest BCUT2D eigenvalue weighted by Gasteiger charge is 2.37. The predicted molar refractivity (Wildman–Crippen MR) is 69.4 cm³/mol. The van der Waals surface area contributed by atoms with Gasteiger partial charge in [-0.2, -0.15) is 0 Å². The second-order valence-corrected chi connectivity index (χ2v) is 7.90. The van der Waals surface area contributed by atoms with E-state index in [9.17, 15) is 4.79 Å². The first-order valence-electron chi connectivity index (χ1n) is 6.62. The van der Waals surface area contributed by atoms with Crippen molar-refractivity contribution >= 4 is 5.78 Å². The van der Waals surface area contributed by atoms with Gasteiger partial charge in [-0.3, -0.25) is 4.79 Å². The van der Waals surface area contributed by atoms with Crippen molar-refractivity contribution < 1.29 is 4.79 Å². The minimum absolute atomic E-state index is 0.289. The Labute approximate surface area is 101 Å². The fourth-order valence-corrected chi connectivity index (χ4v) is 2.90. The second kappa shape index (κ2) is 4.50. The van der Waals surface area contributed by atoms with Gasteiger partial charge in [0, 0.05) is 11.8 Å². The lowest BCUT2D eigenvalue weighted by atomic mass is 9.80. The van der Waals surface area contributed by atoms with E-state index in [0.29, 0.717) is 17.6 Å². The summed E-state index contributed by atoms with van der Waals surface area (Å²) in [7, 11) is 0. The van der Waals surface area contributed by atoms with Gasteiger partial charge in [0.1, 0.15) is 5.78 Å². The van der Waals surface area contributed by atoms with Gasteiger partial charge in [-0.15, -0.1) is 0 Å². The molecular formula is C15H28O. The molecule has 0 aliphatic heterocycles. The number of carbonyl (C=O) groups excluding carboxylic acids is 1. The van der Waals surface area contributed by atoms with Gasteiger partial charge in [-0.05, 0) is 36.5 Å². The Morgan fingerprint density at radius 3 is 1.44 bits per heavy atom. The SMILES string of the molecule is CC(C)(C)C[C@@H]1CC[C@@H](CC(C)(C)C)C1=O. The van der Waals surface area contributed by atoms with Gasteiger partial charge in [0.2, 0.25) is 0 Å². The van der Waals surface area contributed by atoms with Gasteiger partial charge in [0.05, 0.1) is 0 Å². The van der Waals surface area contributed by atoms with Crippen LogP contribution in [0.2, 0.25) is 0 Å². The summed E-state index contributed by atoms with van der Waals surface area (Å²) in [6.45, 7) is 13.4. The van der Waals surface area contributed by atoms with E-state index in [4.69, 9.17) is 0 Å². The minimum atomic E-state index is 0.289. The summed E-state index contributed by atoms with van der Waals surface area (Å²) in [4.78, 5) is 12.3. The van der Waals surface area contributed by atoms with Crippen LogP contribution in [0.1, 0.15) is 67.2 Å². The molecule has 94 valence electrons. The van der Waals surface area contributed by atoms with Crippen LogP contribution in [-0.2, 0) is 4.79 Å². The van der Waals surface area contributed by atoms with Gasteiger partial charge < -0.3 is 0 Å². The van der Waals surface area contributed by atoms with Gasteiger partial charge in [-0.25, -0.2) is 0 Å². The maximum atomic E-state index is 12.3. The summed E-state index contributed by atoms with van der Waals surface area (Å²) < 4.78 is 0. The third kappa shape index (κ3) is 4.27. The molecule has 0 aromatic carbocycles. The van der Waals surface area contributed by atoms with Crippen LogP contribution in [0.15, 0.2) is 0 Å². The molecule has 0 saturated heterocycles. The molecule has 0 aromatic rings. The Balaban J connectivity index is 2.55. The molecule has 2 atom stereocenters. The first-order valence-corrected chi connectivity index (χ1v) is 6.62. The highest BCUT2D eigenvalue weighted by atomic mass is 16.1. The lowest BCUT2D eigenvalue weighted by Gasteiger charge is -2.24. The van der Waals surface area contributed by atoms with E-state index in [0.717, 1.165) is 25.7 Å². The minimum Gasteiger partial charge on any atom is -0.299 e. The van der Waals surface area contributed by atoms with Gasteiger partial charge >= 0.3 is 0 Å². The summed E-state index contributed by atoms with van der Waals surface area (Å²) in [6, 6.07) is 0. The molecule has 1 rings (SSSR count). The van der Waals surface area contributed by atoms with Crippen LogP contribution >= 0.6 is 0 Å². The number of ketones is 1. The van der Waals surface area contributed by atoms with Crippen molar-refractivity contribution in [3.8, 4) is 0 Å². The third-order valence-electron chi connectivity index (χ3n) is 3.39. The zero-order chi connectivity index (χ0) is 12.6. The molecule has 16 heavy (non-hydrogen) atoms. The molecule has 0 amide bonds. The van der Waals surface area contributed by atoms with E-state index in [1.54, 1.807) is 0 Å². The quantitative estimate of drug-likeness (QED) is 0.677. The van der Waals surface area contributed by atoms with Crippen LogP contribution in [0.4, 0.5) is 0 Å². The fourth-order valence-electron chi connectivity index (χ4n) is 2.90. The molecule has 0 bridgehead atoms. The maximum absolute atomic E-state index is 12.3. The van der Waals surface area contributed by atoms with Crippen LogP contribution in [0.5, 0.6) is 0 Å². The topological polar surface area (TPSA) is 17.1 Å². The van der Waals surface area contributed by atoms with E-state index in [1.807, 2.05) is 0 Å². The van der Waals surface area contributed by atoms with E-state index in [1.165, 1.54) is 0 Å². The smallest absolute Gasteiger partial charge is 0.139 e. The molecule has 0 aromatic heterocycles. The molecule has 0 spiro atoms. The molecule has 1 heteroatoms. The molecule has 0 unspecified atom stereocenters. The Hall–Kier alpha value is -0.330. The maximum Gasteiger partial charge on any atom is 0.139 e. The lowest BCUT2D eigenvalue weighted by Crippen LogP contribution is -2.22. The zero-order valence-electron chi connectivity index (χ0n) is 11.9. The van der Waals surface area contributed by atoms with Crippen molar-refractivity contribution in [1.29, 1.82) is 0 Å². The standard InChI is InChI=1S/C15H28O/c1-14(2,3)9-11-7-8-12(13(11)16)10-15(4,5)6/h11-12H,7-10H2,1-6H3/t11-,12-/m0/s1. The molecule has 0 N–H and O–H groups in total. The van der Waals surface area contributed by atoms with Crippen molar-refractivity contribution in [3.05, 3.63) is 0 Å². The largest absolute Gasteiger partial charge is 0.299 e. The lowest BCUT2D eigenvalue weighted by molar-refractivity contribution is -0.125. The molecular weight excluding hydrogens is 196 g/mol. The van der Waals surface area contributed by atoms with Crippen molar-refractivity contribution in [1.82, 2.24) is 0 Å². The summed E-state index contributed by atoms with van der Waals surface area (Å²) in [5.74, 6) is 1.23. The molecule has 1 aliphatic rings. The van der Waals surface area contributed by atoms with E-state index >= 15 is 0 Å². The first kappa shape index (κ1) is 13.7. The van der Waals surface area contributed by atoms with Crippen LogP contribution in [0.25, 0.3) is 0 Å². The Morgan fingerprint density at radius 2 is 1.19 bits per heavy atom. The van der Waals surface area contributed by atoms with Gasteiger partial charge in [0.15, 0.2) is 0 Å². The third-order valence-corrected chi connectivity index (χ3v) is 3.39. The second-order valence-electron chi connectivity index (χ2n) is 7.90. The van der Waals surface area contributed by atoms with Crippen LogP contribution in [-0.4, -0.2) is 5.78 Å². The average molecular weight is 224 g/mol. The predicted octanol–water partition coefficient (Wildman–Crippen LogP) is 4.45. The number of Topliss-reactive ketones (excluding diaryl/α,β-unsaturated/α-hetero) is 1. The zero-order valence-corrected chi connectivity index (χ0v) is 11.9. The average Bonchev–Trinajstić information content (AvgIpc) is 2.30. The number of hydrogen-bond donors (Lipinski definition) is 0. The van der Waals surface area contributed by atoms with Crippen molar-refractivity contribution in [2.45, 2.75) is 67.2 Å². The first-order chi connectivity index (χ1) is 7.08. The normalized spacial score (nSPS) is 27.5. The summed E-state index contributed by atoms with van der Waals surface area (Å²) in [5.41, 5.74) is 0.577.